The maximum atomic E-state index is 10.6. The number of carbonyl (C=O) groups is 1. The van der Waals surface area contributed by atoms with Crippen LogP contribution in [0.15, 0.2) is 24.3 Å². The largest absolute Gasteiger partial charge is 1.00 e. The fraction of sp³-hybridized carbons (Fsp3) is 0. The van der Waals surface area contributed by atoms with Crippen molar-refractivity contribution in [3.63, 3.8) is 0 Å². The van der Waals surface area contributed by atoms with Gasteiger partial charge in [0.25, 0.3) is 0 Å². The Labute approximate surface area is 91.7 Å². The molecule has 0 bridgehead atoms. The molecule has 0 amide bonds. The van der Waals surface area contributed by atoms with E-state index in [0.717, 1.165) is 0 Å². The second-order valence-electron chi connectivity index (χ2n) is 1.95. The Kier molecular flexibility index (Phi) is 4.79. The number of hydrogen-bond donors (Lipinski definition) is 0. The van der Waals surface area contributed by atoms with E-state index in [9.17, 15) is 4.79 Å². The zero-order valence-corrected chi connectivity index (χ0v) is 8.86. The summed E-state index contributed by atoms with van der Waals surface area (Å²) in [6.45, 7) is 6.64. The van der Waals surface area contributed by atoms with E-state index in [4.69, 9.17) is 6.57 Å². The van der Waals surface area contributed by atoms with Gasteiger partial charge >= 0.3 is 22.4 Å². The van der Waals surface area contributed by atoms with E-state index in [0.29, 0.717) is 11.3 Å². The van der Waals surface area contributed by atoms with Gasteiger partial charge in [-0.1, -0.05) is 24.3 Å². The average Bonchev–Trinajstić information content (AvgIpc) is 2.05. The van der Waals surface area contributed by atoms with Gasteiger partial charge in [0.05, 0.1) is 6.57 Å². The molecule has 0 heterocycles. The van der Waals surface area contributed by atoms with Crippen LogP contribution in [-0.2, 0) is 35.0 Å². The minimum absolute atomic E-state index is 0. The minimum atomic E-state index is -0.387. The molecule has 1 aromatic rings. The van der Waals surface area contributed by atoms with Crippen LogP contribution in [-0.4, -0.2) is 5.12 Å². The molecule has 0 aliphatic carbocycles. The molecule has 0 fully saturated rings. The van der Waals surface area contributed by atoms with Crippen molar-refractivity contribution in [1.82, 2.24) is 0 Å². The Morgan fingerprint density at radius 3 is 2.17 bits per heavy atom. The molecule has 0 aliphatic heterocycles. The number of benzene rings is 1. The van der Waals surface area contributed by atoms with E-state index in [1.807, 2.05) is 0 Å². The maximum absolute atomic E-state index is 10.6. The number of rotatable bonds is 1. The summed E-state index contributed by atoms with van der Waals surface area (Å²) in [6.07, 6.45) is 0. The molecular formula is C8H4AuNOS. The van der Waals surface area contributed by atoms with Gasteiger partial charge in [-0.15, -0.1) is 0 Å². The molecule has 0 N–H and O–H groups in total. The molecule has 4 heteroatoms. The first kappa shape index (κ1) is 11.3. The van der Waals surface area contributed by atoms with Crippen LogP contribution in [0.4, 0.5) is 5.69 Å². The van der Waals surface area contributed by atoms with E-state index < -0.39 is 0 Å². The van der Waals surface area contributed by atoms with Crippen LogP contribution in [0.2, 0.25) is 0 Å². The van der Waals surface area contributed by atoms with Crippen LogP contribution in [0, 0.1) is 6.57 Å². The predicted molar refractivity (Wildman–Crippen MR) is 44.4 cm³/mol. The SMILES string of the molecule is [Au+].[C-]#[N+]c1ccc(C(=O)[S-])cc1. The van der Waals surface area contributed by atoms with Gasteiger partial charge in [-0.3, -0.25) is 0 Å². The van der Waals surface area contributed by atoms with Gasteiger partial charge in [-0.25, -0.2) is 4.85 Å². The summed E-state index contributed by atoms with van der Waals surface area (Å²) < 4.78 is 0. The third kappa shape index (κ3) is 2.76. The van der Waals surface area contributed by atoms with Crippen molar-refractivity contribution in [3.8, 4) is 0 Å². The third-order valence-corrected chi connectivity index (χ3v) is 1.47. The monoisotopic (exact) mass is 359 g/mol. The predicted octanol–water partition coefficient (Wildman–Crippen LogP) is 1.92. The first-order valence-electron chi connectivity index (χ1n) is 2.93. The topological polar surface area (TPSA) is 21.4 Å². The summed E-state index contributed by atoms with van der Waals surface area (Å²) in [6, 6.07) is 6.27. The average molecular weight is 359 g/mol. The zero-order chi connectivity index (χ0) is 8.27. The summed E-state index contributed by atoms with van der Waals surface area (Å²) in [5, 5.41) is -0.387. The van der Waals surface area contributed by atoms with Crippen molar-refractivity contribution in [2.24, 2.45) is 0 Å². The Morgan fingerprint density at radius 2 is 1.83 bits per heavy atom. The van der Waals surface area contributed by atoms with Crippen LogP contribution in [0.1, 0.15) is 10.4 Å². The van der Waals surface area contributed by atoms with Crippen LogP contribution >= 0.6 is 0 Å². The molecule has 0 saturated heterocycles. The first-order valence-corrected chi connectivity index (χ1v) is 3.34. The second-order valence-corrected chi connectivity index (χ2v) is 2.32. The molecule has 0 aliphatic rings. The molecule has 2 nitrogen and oxygen atoms in total. The van der Waals surface area contributed by atoms with Gasteiger partial charge in [-0.05, 0) is 5.56 Å². The van der Waals surface area contributed by atoms with Gasteiger partial charge in [0.1, 0.15) is 0 Å². The van der Waals surface area contributed by atoms with Crippen molar-refractivity contribution in [3.05, 3.63) is 41.2 Å². The van der Waals surface area contributed by atoms with Crippen molar-refractivity contribution in [2.45, 2.75) is 0 Å². The molecule has 0 radical (unpaired) electrons. The maximum Gasteiger partial charge on any atom is 1.00 e. The molecule has 1 rings (SSSR count). The van der Waals surface area contributed by atoms with Crippen LogP contribution < -0.4 is 0 Å². The Morgan fingerprint density at radius 1 is 1.33 bits per heavy atom. The molecule has 64 valence electrons. The number of carbonyl (C=O) groups excluding carboxylic acids is 1. The van der Waals surface area contributed by atoms with Crippen molar-refractivity contribution in [2.75, 3.05) is 0 Å². The zero-order valence-electron chi connectivity index (χ0n) is 5.87. The molecular weight excluding hydrogens is 355 g/mol. The molecule has 12 heavy (non-hydrogen) atoms. The minimum Gasteiger partial charge on any atom is -0.737 e. The fourth-order valence-electron chi connectivity index (χ4n) is 0.672. The molecule has 0 atom stereocenters. The van der Waals surface area contributed by atoms with E-state index in [2.05, 4.69) is 17.5 Å². The van der Waals surface area contributed by atoms with Gasteiger partial charge < -0.3 is 17.4 Å². The molecule has 1 aromatic carbocycles. The summed E-state index contributed by atoms with van der Waals surface area (Å²) >= 11 is 4.41. The Bertz CT molecular complexity index is 315. The summed E-state index contributed by atoms with van der Waals surface area (Å²) in [4.78, 5) is 13.8. The van der Waals surface area contributed by atoms with Crippen LogP contribution in [0.25, 0.3) is 4.85 Å². The Hall–Kier alpha value is -0.660. The number of hydrogen-bond acceptors (Lipinski definition) is 2. The van der Waals surface area contributed by atoms with Gasteiger partial charge in [0, 0.05) is 5.12 Å². The van der Waals surface area contributed by atoms with Crippen molar-refractivity contribution in [1.29, 1.82) is 0 Å². The van der Waals surface area contributed by atoms with E-state index >= 15 is 0 Å². The van der Waals surface area contributed by atoms with Crippen molar-refractivity contribution < 1.29 is 27.2 Å². The van der Waals surface area contributed by atoms with Crippen LogP contribution in [0.5, 0.6) is 0 Å². The molecule has 0 spiro atoms. The van der Waals surface area contributed by atoms with E-state index in [-0.39, 0.29) is 27.5 Å². The van der Waals surface area contributed by atoms with E-state index in [1.165, 1.54) is 0 Å². The van der Waals surface area contributed by atoms with Gasteiger partial charge in [-0.2, -0.15) is 0 Å². The van der Waals surface area contributed by atoms with Gasteiger partial charge in [0.15, 0.2) is 5.69 Å². The molecule has 0 aromatic heterocycles. The summed E-state index contributed by atoms with van der Waals surface area (Å²) in [5.74, 6) is 0. The molecule has 0 saturated carbocycles. The number of nitrogens with zero attached hydrogens (tertiary/aromatic N) is 1. The summed E-state index contributed by atoms with van der Waals surface area (Å²) in [5.41, 5.74) is 0.984. The van der Waals surface area contributed by atoms with Crippen LogP contribution in [0.3, 0.4) is 0 Å². The smallest absolute Gasteiger partial charge is 0.737 e. The normalized spacial score (nSPS) is 7.92. The van der Waals surface area contributed by atoms with Gasteiger partial charge in [0.2, 0.25) is 0 Å². The summed E-state index contributed by atoms with van der Waals surface area (Å²) in [7, 11) is 0. The van der Waals surface area contributed by atoms with Crippen molar-refractivity contribution >= 4 is 23.4 Å². The molecule has 0 unspecified atom stereocenters. The quantitative estimate of drug-likeness (QED) is 0.434. The second kappa shape index (κ2) is 5.07. The fourth-order valence-corrected chi connectivity index (χ4v) is 0.808. The first-order chi connectivity index (χ1) is 5.24. The third-order valence-electron chi connectivity index (χ3n) is 1.23. The van der Waals surface area contributed by atoms with E-state index in [1.54, 1.807) is 24.3 Å². The standard InChI is InChI=1S/C8H5NOS.Au/c1-9-7-4-2-6(3-5-7)8(10)11;/h2-5H,(H,10,11);/q;+1/p-1. The Balaban J connectivity index is 0.00000121.